The molecule has 4 rings (SSSR count). The van der Waals surface area contributed by atoms with E-state index >= 15 is 0 Å². The molecule has 0 atom stereocenters. The molecule has 0 saturated carbocycles. The quantitative estimate of drug-likeness (QED) is 0.229. The van der Waals surface area contributed by atoms with Crippen LogP contribution in [-0.4, -0.2) is 20.4 Å². The molecule has 0 radical (unpaired) electrons. The predicted molar refractivity (Wildman–Crippen MR) is 86.8 cm³/mol. The zero-order valence-corrected chi connectivity index (χ0v) is 12.3. The van der Waals surface area contributed by atoms with Crippen molar-refractivity contribution in [2.45, 2.75) is 0 Å². The molecule has 0 aliphatic carbocycles. The van der Waals surface area contributed by atoms with Crippen LogP contribution < -0.4 is 4.57 Å². The van der Waals surface area contributed by atoms with Crippen LogP contribution in [0.25, 0.3) is 32.4 Å². The Morgan fingerprint density at radius 3 is 2.17 bits per heavy atom. The van der Waals surface area contributed by atoms with E-state index in [0.29, 0.717) is 5.39 Å². The van der Waals surface area contributed by atoms with Crippen molar-refractivity contribution in [1.82, 2.24) is 0 Å². The van der Waals surface area contributed by atoms with Gasteiger partial charge in [0, 0.05) is 5.39 Å². The fourth-order valence-corrected chi connectivity index (χ4v) is 3.15. The van der Waals surface area contributed by atoms with E-state index in [1.165, 1.54) is 18.2 Å². The van der Waals surface area contributed by atoms with E-state index in [1.54, 1.807) is 12.3 Å². The minimum absolute atomic E-state index is 0.159. The van der Waals surface area contributed by atoms with Gasteiger partial charge in [-0.05, 0) is 35.7 Å². The maximum atomic E-state index is 10.1. The summed E-state index contributed by atoms with van der Waals surface area (Å²) in [4.78, 5) is 0. The van der Waals surface area contributed by atoms with Gasteiger partial charge in [-0.2, -0.15) is 4.57 Å². The maximum absolute atomic E-state index is 10.1. The number of aryl methyl sites for hydroxylation is 1. The van der Waals surface area contributed by atoms with Gasteiger partial charge < -0.3 is 20.4 Å². The third-order valence-electron chi connectivity index (χ3n) is 4.25. The summed E-state index contributed by atoms with van der Waals surface area (Å²) >= 11 is 0. The number of phenolic OH excluding ortho intramolecular Hbond substituents is 4. The first-order chi connectivity index (χ1) is 11.0. The Bertz CT molecular complexity index is 1120. The number of nitrogens with zero attached hydrogens (tertiary/aromatic N) is 1. The number of hydrogen-bond donors (Lipinski definition) is 4. The average Bonchev–Trinajstić information content (AvgIpc) is 2.52. The normalized spacial score (nSPS) is 11.5. The summed E-state index contributed by atoms with van der Waals surface area (Å²) in [5.74, 6) is -0.671. The van der Waals surface area contributed by atoms with E-state index in [0.717, 1.165) is 27.1 Å². The van der Waals surface area contributed by atoms with Gasteiger partial charge in [-0.3, -0.25) is 0 Å². The Labute approximate surface area is 130 Å². The highest BCUT2D eigenvalue weighted by Gasteiger charge is 2.18. The molecular weight excluding hydrogens is 294 g/mol. The Morgan fingerprint density at radius 1 is 0.696 bits per heavy atom. The molecule has 114 valence electrons. The SMILES string of the molecule is C[n+]1cc2c(O)c(O)ccc2c2ccc3cc(O)c(O)cc3c21. The van der Waals surface area contributed by atoms with Crippen LogP contribution in [0.2, 0.25) is 0 Å². The van der Waals surface area contributed by atoms with Crippen molar-refractivity contribution in [2.24, 2.45) is 7.05 Å². The molecule has 23 heavy (non-hydrogen) atoms. The van der Waals surface area contributed by atoms with E-state index in [1.807, 2.05) is 23.7 Å². The second kappa shape index (κ2) is 4.39. The van der Waals surface area contributed by atoms with Crippen LogP contribution in [0.3, 0.4) is 0 Å². The summed E-state index contributed by atoms with van der Waals surface area (Å²) in [6, 6.07) is 9.99. The molecule has 0 aliphatic heterocycles. The molecule has 4 aromatic rings. The molecular formula is C18H14NO4+. The number of fused-ring (bicyclic) bond motifs is 5. The van der Waals surface area contributed by atoms with Crippen LogP contribution in [0, 0.1) is 0 Å². The third-order valence-corrected chi connectivity index (χ3v) is 4.25. The summed E-state index contributed by atoms with van der Waals surface area (Å²) in [7, 11) is 1.83. The number of phenols is 4. The summed E-state index contributed by atoms with van der Waals surface area (Å²) in [5.41, 5.74) is 0.857. The Morgan fingerprint density at radius 2 is 1.39 bits per heavy atom. The lowest BCUT2D eigenvalue weighted by Crippen LogP contribution is -2.28. The van der Waals surface area contributed by atoms with Gasteiger partial charge in [0.1, 0.15) is 7.05 Å². The first-order valence-electron chi connectivity index (χ1n) is 7.09. The van der Waals surface area contributed by atoms with Crippen molar-refractivity contribution in [1.29, 1.82) is 0 Å². The van der Waals surface area contributed by atoms with Gasteiger partial charge in [-0.15, -0.1) is 0 Å². The Kier molecular flexibility index (Phi) is 2.57. The number of hydrogen-bond acceptors (Lipinski definition) is 4. The molecule has 5 heteroatoms. The molecule has 0 spiro atoms. The zero-order valence-electron chi connectivity index (χ0n) is 12.3. The summed E-state index contributed by atoms with van der Waals surface area (Å²) < 4.78 is 1.83. The predicted octanol–water partition coefficient (Wildman–Crippen LogP) is 2.79. The van der Waals surface area contributed by atoms with E-state index in [4.69, 9.17) is 0 Å². The summed E-state index contributed by atoms with van der Waals surface area (Å²) in [6.07, 6.45) is 1.73. The van der Waals surface area contributed by atoms with Gasteiger partial charge in [0.2, 0.25) is 5.52 Å². The summed E-state index contributed by atoms with van der Waals surface area (Å²) in [5, 5.41) is 43.1. The lowest BCUT2D eigenvalue weighted by Gasteiger charge is -2.08. The van der Waals surface area contributed by atoms with Gasteiger partial charge in [0.15, 0.2) is 29.2 Å². The monoisotopic (exact) mass is 308 g/mol. The van der Waals surface area contributed by atoms with Gasteiger partial charge >= 0.3 is 0 Å². The van der Waals surface area contributed by atoms with E-state index < -0.39 is 0 Å². The summed E-state index contributed by atoms with van der Waals surface area (Å²) in [6.45, 7) is 0. The van der Waals surface area contributed by atoms with Crippen molar-refractivity contribution < 1.29 is 25.0 Å². The van der Waals surface area contributed by atoms with Crippen molar-refractivity contribution in [3.05, 3.63) is 42.6 Å². The van der Waals surface area contributed by atoms with Gasteiger partial charge in [0.25, 0.3) is 0 Å². The first-order valence-corrected chi connectivity index (χ1v) is 7.09. The third kappa shape index (κ3) is 1.76. The number of pyridine rings is 1. The molecule has 4 N–H and O–H groups in total. The number of aromatic hydroxyl groups is 4. The maximum Gasteiger partial charge on any atom is 0.220 e. The molecule has 1 aromatic heterocycles. The van der Waals surface area contributed by atoms with Gasteiger partial charge in [-0.25, -0.2) is 0 Å². The van der Waals surface area contributed by atoms with Crippen LogP contribution in [0.1, 0.15) is 0 Å². The minimum atomic E-state index is -0.182. The minimum Gasteiger partial charge on any atom is -0.504 e. The van der Waals surface area contributed by atoms with Crippen LogP contribution in [0.4, 0.5) is 0 Å². The van der Waals surface area contributed by atoms with Gasteiger partial charge in [-0.1, -0.05) is 6.07 Å². The Hall–Kier alpha value is -3.21. The molecule has 0 amide bonds. The average molecular weight is 308 g/mol. The smallest absolute Gasteiger partial charge is 0.220 e. The number of aromatic nitrogens is 1. The highest BCUT2D eigenvalue weighted by Crippen LogP contribution is 2.38. The lowest BCUT2D eigenvalue weighted by atomic mass is 10.00. The topological polar surface area (TPSA) is 84.8 Å². The number of rotatable bonds is 0. The fraction of sp³-hybridized carbons (Fsp3) is 0.0556. The fourth-order valence-electron chi connectivity index (χ4n) is 3.15. The highest BCUT2D eigenvalue weighted by atomic mass is 16.3. The second-order valence-corrected chi connectivity index (χ2v) is 5.66. The number of benzene rings is 3. The van der Waals surface area contributed by atoms with Crippen LogP contribution >= 0.6 is 0 Å². The van der Waals surface area contributed by atoms with Gasteiger partial charge in [0.05, 0.1) is 16.2 Å². The largest absolute Gasteiger partial charge is 0.504 e. The lowest BCUT2D eigenvalue weighted by molar-refractivity contribution is -0.642. The van der Waals surface area contributed by atoms with E-state index in [2.05, 4.69) is 0 Å². The Balaban J connectivity index is 2.28. The highest BCUT2D eigenvalue weighted by molar-refractivity contribution is 6.15. The second-order valence-electron chi connectivity index (χ2n) is 5.66. The molecule has 0 fully saturated rings. The molecule has 0 bridgehead atoms. The first kappa shape index (κ1) is 13.5. The zero-order chi connectivity index (χ0) is 16.3. The molecule has 0 saturated heterocycles. The van der Waals surface area contributed by atoms with Crippen LogP contribution in [-0.2, 0) is 7.05 Å². The molecule has 1 heterocycles. The molecule has 0 aliphatic rings. The molecule has 3 aromatic carbocycles. The van der Waals surface area contributed by atoms with Crippen molar-refractivity contribution in [3.63, 3.8) is 0 Å². The molecule has 0 unspecified atom stereocenters. The van der Waals surface area contributed by atoms with Crippen molar-refractivity contribution in [2.75, 3.05) is 0 Å². The molecule has 5 nitrogen and oxygen atoms in total. The van der Waals surface area contributed by atoms with Crippen LogP contribution in [0.5, 0.6) is 23.0 Å². The van der Waals surface area contributed by atoms with E-state index in [9.17, 15) is 20.4 Å². The van der Waals surface area contributed by atoms with E-state index in [-0.39, 0.29) is 23.0 Å². The van der Waals surface area contributed by atoms with Crippen molar-refractivity contribution in [3.8, 4) is 23.0 Å². The standard InChI is InChI=1S/C18H13NO4/c1-19-8-13-10(4-5-14(20)18(13)23)11-3-2-9-6-15(21)16(22)7-12(9)17(11)19/h2-8H,1H3,(H3,20,21,22,23)/p+1. The van der Waals surface area contributed by atoms with Crippen LogP contribution in [0.15, 0.2) is 42.6 Å². The van der Waals surface area contributed by atoms with Crippen molar-refractivity contribution >= 4 is 32.4 Å².